The molecule has 2 aliphatic heterocycles. The predicted octanol–water partition coefficient (Wildman–Crippen LogP) is 1.65. The monoisotopic (exact) mass is 834 g/mol. The van der Waals surface area contributed by atoms with Crippen molar-refractivity contribution in [2.45, 2.75) is 125 Å². The van der Waals surface area contributed by atoms with E-state index in [1.54, 1.807) is 13.8 Å². The molecule has 2 saturated carbocycles. The summed E-state index contributed by atoms with van der Waals surface area (Å²) >= 11 is 0. The zero-order chi connectivity index (χ0) is 41.5. The average Bonchev–Trinajstić information content (AvgIpc) is 3.70. The highest BCUT2D eigenvalue weighted by Gasteiger charge is 2.51. The highest BCUT2D eigenvalue weighted by molar-refractivity contribution is 8.24. The van der Waals surface area contributed by atoms with Gasteiger partial charge in [-0.05, 0) is 76.1 Å². The lowest BCUT2D eigenvalue weighted by atomic mass is 9.84. The molecular formula is C37H54N8O10S2. The molecule has 7 N–H and O–H groups in total. The summed E-state index contributed by atoms with van der Waals surface area (Å²) in [5, 5.41) is 24.6. The van der Waals surface area contributed by atoms with Crippen molar-refractivity contribution in [1.82, 2.24) is 34.8 Å². The molecule has 20 heteroatoms. The molecule has 57 heavy (non-hydrogen) atoms. The minimum Gasteiger partial charge on any atom is -0.384 e. The molecular weight excluding hydrogens is 781 g/mol. The normalized spacial score (nSPS) is 23.7. The number of sulfonamides is 1. The standard InChI is InChI=1S/C37H54N8O10S2/c1-36(2,51)30-21-39-42-45(30)26-20-29(34(49)41-37(31(46)32(38)47)15-17-56(52,53)18-16-37)44(22-26)35(50)28(19-23-7-5-4-6-8-23)40-33(48)24-9-13-27(14-10-24)57(54,55)43(3)25-11-12-25/h9-10,13-14,21,23,25-26,28-29,51-53H,4-8,11-12,15-20,22H2,1-3H3,(H2,38,47)(H,40,48)(H,41,49)/t26-,28?,29-/m0/s1. The molecule has 18 nitrogen and oxygen atoms in total. The largest absolute Gasteiger partial charge is 0.384 e. The van der Waals surface area contributed by atoms with Crippen LogP contribution in [0.15, 0.2) is 35.4 Å². The van der Waals surface area contributed by atoms with Crippen molar-refractivity contribution in [3.8, 4) is 0 Å². The van der Waals surface area contributed by atoms with Crippen LogP contribution in [-0.4, -0.2) is 125 Å². The Bertz CT molecular complexity index is 1960. The number of hydrogen-bond acceptors (Lipinski definition) is 12. The second kappa shape index (κ2) is 16.4. The Morgan fingerprint density at radius 3 is 2.25 bits per heavy atom. The topological polar surface area (TPSA) is 267 Å². The average molecular weight is 835 g/mol. The van der Waals surface area contributed by atoms with Gasteiger partial charge in [-0.15, -0.1) is 5.10 Å². The quantitative estimate of drug-likeness (QED) is 0.148. The first kappa shape index (κ1) is 42.7. The maximum absolute atomic E-state index is 14.9. The molecule has 4 aliphatic rings. The number of benzene rings is 1. The first-order valence-corrected chi connectivity index (χ1v) is 22.8. The lowest BCUT2D eigenvalue weighted by Crippen LogP contribution is -2.64. The minimum absolute atomic E-state index is 0.0365. The molecule has 1 aromatic carbocycles. The number of rotatable bonds is 14. The molecule has 4 amide bonds. The first-order chi connectivity index (χ1) is 26.7. The fourth-order valence-corrected chi connectivity index (χ4v) is 11.3. The van der Waals surface area contributed by atoms with Gasteiger partial charge in [-0.2, -0.15) is 14.9 Å². The van der Waals surface area contributed by atoms with Gasteiger partial charge in [0.15, 0.2) is 0 Å². The van der Waals surface area contributed by atoms with Gasteiger partial charge in [-0.25, -0.2) is 13.1 Å². The number of aromatic nitrogens is 3. The van der Waals surface area contributed by atoms with Crippen LogP contribution in [-0.2, 0) is 34.8 Å². The number of nitrogens with one attached hydrogen (secondary N) is 2. The maximum Gasteiger partial charge on any atom is 0.287 e. The predicted molar refractivity (Wildman–Crippen MR) is 208 cm³/mol. The lowest BCUT2D eigenvalue weighted by molar-refractivity contribution is -0.145. The summed E-state index contributed by atoms with van der Waals surface area (Å²) in [7, 11) is -5.29. The molecule has 1 aromatic heterocycles. The molecule has 3 atom stereocenters. The van der Waals surface area contributed by atoms with Crippen LogP contribution in [0.25, 0.3) is 0 Å². The van der Waals surface area contributed by atoms with Crippen LogP contribution in [0.1, 0.15) is 107 Å². The van der Waals surface area contributed by atoms with Crippen molar-refractivity contribution in [3.05, 3.63) is 41.7 Å². The fourth-order valence-electron chi connectivity index (χ4n) is 8.30. The Labute approximate surface area is 333 Å². The van der Waals surface area contributed by atoms with E-state index >= 15 is 0 Å². The number of amides is 4. The summed E-state index contributed by atoms with van der Waals surface area (Å²) in [6.45, 7) is 2.98. The number of Topliss-reactive ketones (excluding diaryl/α,β-unsaturated/α-hetero) is 1. The van der Waals surface area contributed by atoms with Crippen LogP contribution >= 0.6 is 10.6 Å². The van der Waals surface area contributed by atoms with Crippen LogP contribution in [0.5, 0.6) is 0 Å². The number of ketones is 1. The molecule has 2 saturated heterocycles. The van der Waals surface area contributed by atoms with E-state index in [4.69, 9.17) is 5.73 Å². The summed E-state index contributed by atoms with van der Waals surface area (Å²) in [4.78, 5) is 70.0. The van der Waals surface area contributed by atoms with E-state index in [-0.39, 0.29) is 66.2 Å². The highest BCUT2D eigenvalue weighted by atomic mass is 32.3. The molecule has 0 radical (unpaired) electrons. The number of primary amides is 1. The van der Waals surface area contributed by atoms with E-state index < -0.39 is 79.3 Å². The number of nitrogens with zero attached hydrogens (tertiary/aromatic N) is 5. The SMILES string of the molecule is CN(C1CC1)S(=O)(=O)c1ccc(C(=O)NC(CC2CCCCC2)C(=O)N2C[C@@H](n3nncc3C(C)(C)O)C[C@H]2C(=O)NC2(C(=O)C(N)=O)CCS(O)(O)CC2)cc1. The molecule has 2 aromatic rings. The van der Waals surface area contributed by atoms with E-state index in [0.717, 1.165) is 44.9 Å². The molecule has 2 aliphatic carbocycles. The van der Waals surface area contributed by atoms with Gasteiger partial charge >= 0.3 is 0 Å². The summed E-state index contributed by atoms with van der Waals surface area (Å²) in [5.41, 5.74) is 2.62. The molecule has 0 spiro atoms. The Morgan fingerprint density at radius 2 is 1.67 bits per heavy atom. The second-order valence-electron chi connectivity index (χ2n) is 16.5. The first-order valence-electron chi connectivity index (χ1n) is 19.4. The van der Waals surface area contributed by atoms with Crippen LogP contribution in [0.2, 0.25) is 0 Å². The van der Waals surface area contributed by atoms with Crippen LogP contribution in [0, 0.1) is 5.92 Å². The molecule has 4 fully saturated rings. The van der Waals surface area contributed by atoms with Crippen molar-refractivity contribution < 1.29 is 46.6 Å². The summed E-state index contributed by atoms with van der Waals surface area (Å²) in [6, 6.07) is 2.38. The Morgan fingerprint density at radius 1 is 1.04 bits per heavy atom. The van der Waals surface area contributed by atoms with E-state index in [9.17, 15) is 46.6 Å². The third kappa shape index (κ3) is 9.36. The van der Waals surface area contributed by atoms with Crippen molar-refractivity contribution in [1.29, 1.82) is 0 Å². The number of carbonyl (C=O) groups excluding carboxylic acids is 5. The maximum atomic E-state index is 14.9. The summed E-state index contributed by atoms with van der Waals surface area (Å²) in [6.07, 6.45) is 7.25. The van der Waals surface area contributed by atoms with Crippen LogP contribution in [0.4, 0.5) is 0 Å². The van der Waals surface area contributed by atoms with Gasteiger partial charge in [0.05, 0.1) is 22.8 Å². The second-order valence-corrected chi connectivity index (χ2v) is 21.0. The van der Waals surface area contributed by atoms with Gasteiger partial charge in [0.1, 0.15) is 23.2 Å². The lowest BCUT2D eigenvalue weighted by Gasteiger charge is -2.45. The summed E-state index contributed by atoms with van der Waals surface area (Å²) < 4.78 is 49.6. The van der Waals surface area contributed by atoms with Crippen molar-refractivity contribution >= 4 is 50.0 Å². The van der Waals surface area contributed by atoms with Crippen molar-refractivity contribution in [2.24, 2.45) is 11.7 Å². The molecule has 3 heterocycles. The van der Waals surface area contributed by atoms with E-state index in [1.807, 2.05) is 0 Å². The zero-order valence-electron chi connectivity index (χ0n) is 32.5. The van der Waals surface area contributed by atoms with Crippen LogP contribution < -0.4 is 16.4 Å². The number of hydrogen-bond donors (Lipinski definition) is 6. The highest BCUT2D eigenvalue weighted by Crippen LogP contribution is 2.47. The van der Waals surface area contributed by atoms with Gasteiger partial charge in [-0.1, -0.05) is 37.3 Å². The van der Waals surface area contributed by atoms with Crippen LogP contribution in [0.3, 0.4) is 0 Å². The summed E-state index contributed by atoms with van der Waals surface area (Å²) in [5.74, 6) is -4.82. The minimum atomic E-state index is -3.76. The van der Waals surface area contributed by atoms with Gasteiger partial charge in [0.25, 0.3) is 11.8 Å². The van der Waals surface area contributed by atoms with E-state index in [2.05, 4.69) is 20.9 Å². The number of likely N-dealkylation sites (tertiary alicyclic amines) is 1. The Balaban J connectivity index is 1.31. The molecule has 1 unspecified atom stereocenters. The third-order valence-electron chi connectivity index (χ3n) is 11.9. The molecule has 6 rings (SSSR count). The fraction of sp³-hybridized carbons (Fsp3) is 0.649. The zero-order valence-corrected chi connectivity index (χ0v) is 34.1. The molecule has 0 bridgehead atoms. The number of carbonyl (C=O) groups is 5. The van der Waals surface area contributed by atoms with Gasteiger partial charge < -0.3 is 26.4 Å². The molecule has 314 valence electrons. The Hall–Kier alpha value is -3.95. The van der Waals surface area contributed by atoms with Gasteiger partial charge in [-0.3, -0.25) is 33.1 Å². The van der Waals surface area contributed by atoms with Gasteiger partial charge in [0, 0.05) is 43.1 Å². The van der Waals surface area contributed by atoms with Crippen molar-refractivity contribution in [2.75, 3.05) is 25.1 Å². The number of aliphatic hydroxyl groups is 1. The third-order valence-corrected chi connectivity index (χ3v) is 15.5. The van der Waals surface area contributed by atoms with E-state index in [0.29, 0.717) is 5.69 Å². The smallest absolute Gasteiger partial charge is 0.287 e. The number of nitrogens with two attached hydrogens (primary N) is 1. The van der Waals surface area contributed by atoms with Crippen molar-refractivity contribution in [3.63, 3.8) is 0 Å². The van der Waals surface area contributed by atoms with Gasteiger partial charge in [0.2, 0.25) is 27.6 Å². The Kier molecular flexibility index (Phi) is 12.2. The van der Waals surface area contributed by atoms with E-state index in [1.165, 1.54) is 51.4 Å².